The van der Waals surface area contributed by atoms with Crippen LogP contribution in [0.15, 0.2) is 33.9 Å². The Morgan fingerprint density at radius 2 is 1.46 bits per heavy atom. The average molecular weight is 358 g/mol. The van der Waals surface area contributed by atoms with Crippen LogP contribution in [0.1, 0.15) is 34.0 Å². The number of rotatable bonds is 6. The molecule has 0 spiro atoms. The van der Waals surface area contributed by atoms with Gasteiger partial charge in [-0.05, 0) is 31.5 Å². The van der Waals surface area contributed by atoms with Crippen molar-refractivity contribution in [2.45, 2.75) is 19.8 Å². The molecule has 136 valence electrons. The number of aromatic nitrogens is 4. The first-order valence-corrected chi connectivity index (χ1v) is 7.87. The van der Waals surface area contributed by atoms with E-state index in [9.17, 15) is 14.4 Å². The molecule has 3 aromatic rings. The maximum atomic E-state index is 12.3. The minimum absolute atomic E-state index is 0.307. The van der Waals surface area contributed by atoms with E-state index in [1.54, 1.807) is 38.1 Å². The predicted molar refractivity (Wildman–Crippen MR) is 92.8 cm³/mol. The number of benzene rings is 1. The van der Waals surface area contributed by atoms with Gasteiger partial charge in [0.05, 0.1) is 11.1 Å². The fourth-order valence-corrected chi connectivity index (χ4v) is 2.99. The number of carbonyl (C=O) groups is 1. The molecule has 9 heteroatoms. The molecule has 9 nitrogen and oxygen atoms in total. The van der Waals surface area contributed by atoms with Crippen LogP contribution in [0, 0.1) is 13.8 Å². The average Bonchev–Trinajstić information content (AvgIpc) is 3.11. The summed E-state index contributed by atoms with van der Waals surface area (Å²) < 4.78 is 5.13. The number of carboxylic acids is 1. The van der Waals surface area contributed by atoms with Crippen LogP contribution in [-0.4, -0.2) is 38.1 Å². The first-order valence-electron chi connectivity index (χ1n) is 7.87. The highest BCUT2D eigenvalue weighted by atomic mass is 16.5. The number of carboxylic acid groups (broad SMARTS) is 1. The summed E-state index contributed by atoms with van der Waals surface area (Å²) in [6.45, 7) is 3.05. The molecule has 0 atom stereocenters. The number of hydrogen-bond donors (Lipinski definition) is 5. The predicted octanol–water partition coefficient (Wildman–Crippen LogP) is 0.980. The molecule has 2 heterocycles. The summed E-state index contributed by atoms with van der Waals surface area (Å²) in [5.74, 6) is -1.28. The Kier molecular flexibility index (Phi) is 4.53. The third-order valence-corrected chi connectivity index (χ3v) is 4.18. The van der Waals surface area contributed by atoms with Crippen molar-refractivity contribution in [1.82, 2.24) is 20.4 Å². The zero-order chi connectivity index (χ0) is 18.8. The standard InChI is InChI=1S/C17H18N4O5/c1-8-13(16(24)20-18-8)15(14-9(2)19-21-17(14)25)10-3-5-11(6-4-10)26-7-12(22)23/h3-6,15H,7H2,1-2H3,(H,22,23)(H2,18,20,24)(H2,19,21,25). The van der Waals surface area contributed by atoms with Gasteiger partial charge in [-0.2, -0.15) is 0 Å². The quantitative estimate of drug-likeness (QED) is 0.446. The van der Waals surface area contributed by atoms with Crippen LogP contribution in [0.25, 0.3) is 0 Å². The number of hydrogen-bond acceptors (Lipinski definition) is 4. The van der Waals surface area contributed by atoms with Gasteiger partial charge < -0.3 is 20.0 Å². The molecule has 0 aliphatic carbocycles. The highest BCUT2D eigenvalue weighted by Gasteiger charge is 2.27. The van der Waals surface area contributed by atoms with Gasteiger partial charge in [0.1, 0.15) is 5.75 Å². The monoisotopic (exact) mass is 358 g/mol. The second kappa shape index (κ2) is 6.79. The van der Waals surface area contributed by atoms with Crippen molar-refractivity contribution in [3.63, 3.8) is 0 Å². The van der Waals surface area contributed by atoms with E-state index < -0.39 is 18.5 Å². The third-order valence-electron chi connectivity index (χ3n) is 4.18. The number of nitrogens with one attached hydrogen (secondary N) is 4. The van der Waals surface area contributed by atoms with E-state index in [1.165, 1.54) is 0 Å². The van der Waals surface area contributed by atoms with Crippen molar-refractivity contribution in [2.75, 3.05) is 6.61 Å². The molecule has 0 saturated heterocycles. The molecular weight excluding hydrogens is 340 g/mol. The molecule has 0 saturated carbocycles. The van der Waals surface area contributed by atoms with E-state index in [-0.39, 0.29) is 11.1 Å². The van der Waals surface area contributed by atoms with E-state index in [0.29, 0.717) is 33.8 Å². The first-order chi connectivity index (χ1) is 12.4. The van der Waals surface area contributed by atoms with Crippen LogP contribution >= 0.6 is 0 Å². The molecule has 26 heavy (non-hydrogen) atoms. The minimum Gasteiger partial charge on any atom is -0.482 e. The summed E-state index contributed by atoms with van der Waals surface area (Å²) in [5.41, 5.74) is 2.23. The second-order valence-corrected chi connectivity index (χ2v) is 5.92. The lowest BCUT2D eigenvalue weighted by Gasteiger charge is -2.16. The van der Waals surface area contributed by atoms with Crippen LogP contribution in [-0.2, 0) is 4.79 Å². The molecule has 0 amide bonds. The normalized spacial score (nSPS) is 11.0. The summed E-state index contributed by atoms with van der Waals surface area (Å²) in [4.78, 5) is 35.2. The molecule has 0 bridgehead atoms. The molecular formula is C17H18N4O5. The zero-order valence-corrected chi connectivity index (χ0v) is 14.2. The number of H-pyrrole nitrogens is 4. The molecule has 0 radical (unpaired) electrons. The topological polar surface area (TPSA) is 144 Å². The van der Waals surface area contributed by atoms with E-state index in [0.717, 1.165) is 0 Å². The Morgan fingerprint density at radius 1 is 0.962 bits per heavy atom. The van der Waals surface area contributed by atoms with Crippen molar-refractivity contribution >= 4 is 5.97 Å². The van der Waals surface area contributed by atoms with Crippen LogP contribution < -0.4 is 15.9 Å². The maximum Gasteiger partial charge on any atom is 0.341 e. The fourth-order valence-electron chi connectivity index (χ4n) is 2.99. The summed E-state index contributed by atoms with van der Waals surface area (Å²) in [6.07, 6.45) is 0. The number of aromatic amines is 4. The number of aryl methyl sites for hydroxylation is 2. The van der Waals surface area contributed by atoms with Gasteiger partial charge in [-0.15, -0.1) is 0 Å². The van der Waals surface area contributed by atoms with Crippen LogP contribution in [0.2, 0.25) is 0 Å². The van der Waals surface area contributed by atoms with E-state index in [2.05, 4.69) is 20.4 Å². The van der Waals surface area contributed by atoms with Crippen molar-refractivity contribution in [3.8, 4) is 5.75 Å². The molecule has 0 unspecified atom stereocenters. The van der Waals surface area contributed by atoms with Gasteiger partial charge in [-0.25, -0.2) is 4.79 Å². The Hall–Kier alpha value is -3.49. The van der Waals surface area contributed by atoms with Crippen molar-refractivity contribution < 1.29 is 14.6 Å². The zero-order valence-electron chi connectivity index (χ0n) is 14.2. The highest BCUT2D eigenvalue weighted by Crippen LogP contribution is 2.31. The maximum absolute atomic E-state index is 12.3. The minimum atomic E-state index is -1.07. The van der Waals surface area contributed by atoms with Gasteiger partial charge in [0, 0.05) is 17.3 Å². The molecule has 1 aromatic carbocycles. The Labute approximate surface area is 147 Å². The van der Waals surface area contributed by atoms with Crippen LogP contribution in [0.5, 0.6) is 5.75 Å². The van der Waals surface area contributed by atoms with Crippen molar-refractivity contribution in [2.24, 2.45) is 0 Å². The van der Waals surface area contributed by atoms with Gasteiger partial charge in [0.25, 0.3) is 11.1 Å². The third kappa shape index (κ3) is 3.18. The van der Waals surface area contributed by atoms with Crippen molar-refractivity contribution in [3.05, 3.63) is 73.1 Å². The summed E-state index contributed by atoms with van der Waals surface area (Å²) in [5, 5.41) is 19.3. The molecule has 0 aliphatic heterocycles. The SMILES string of the molecule is Cc1[nH][nH]c(=O)c1C(c1ccc(OCC(=O)O)cc1)c1c(C)[nH][nH]c1=O. The molecule has 0 fully saturated rings. The Bertz CT molecular complexity index is 984. The molecule has 2 aromatic heterocycles. The Balaban J connectivity index is 2.09. The van der Waals surface area contributed by atoms with Gasteiger partial charge in [0.2, 0.25) is 0 Å². The second-order valence-electron chi connectivity index (χ2n) is 5.92. The lowest BCUT2D eigenvalue weighted by atomic mass is 9.85. The fraction of sp³-hybridized carbons (Fsp3) is 0.235. The van der Waals surface area contributed by atoms with Gasteiger partial charge in [0.15, 0.2) is 6.61 Å². The van der Waals surface area contributed by atoms with Crippen LogP contribution in [0.4, 0.5) is 0 Å². The van der Waals surface area contributed by atoms with Crippen LogP contribution in [0.3, 0.4) is 0 Å². The Morgan fingerprint density at radius 3 is 1.85 bits per heavy atom. The van der Waals surface area contributed by atoms with Crippen molar-refractivity contribution in [1.29, 1.82) is 0 Å². The summed E-state index contributed by atoms with van der Waals surface area (Å²) in [7, 11) is 0. The smallest absolute Gasteiger partial charge is 0.341 e. The van der Waals surface area contributed by atoms with E-state index >= 15 is 0 Å². The van der Waals surface area contributed by atoms with Gasteiger partial charge >= 0.3 is 5.97 Å². The van der Waals surface area contributed by atoms with E-state index in [1.807, 2.05) is 0 Å². The van der Waals surface area contributed by atoms with Gasteiger partial charge in [-0.1, -0.05) is 12.1 Å². The lowest BCUT2D eigenvalue weighted by molar-refractivity contribution is -0.139. The largest absolute Gasteiger partial charge is 0.482 e. The number of ether oxygens (including phenoxy) is 1. The molecule has 0 aliphatic rings. The summed E-state index contributed by atoms with van der Waals surface area (Å²) in [6, 6.07) is 6.63. The lowest BCUT2D eigenvalue weighted by Crippen LogP contribution is -2.20. The molecule has 5 N–H and O–H groups in total. The first kappa shape index (κ1) is 17.3. The van der Waals surface area contributed by atoms with E-state index in [4.69, 9.17) is 9.84 Å². The summed E-state index contributed by atoms with van der Waals surface area (Å²) >= 11 is 0. The highest BCUT2D eigenvalue weighted by molar-refractivity contribution is 5.68. The number of aliphatic carboxylic acids is 1. The van der Waals surface area contributed by atoms with Gasteiger partial charge in [-0.3, -0.25) is 19.8 Å². The molecule has 3 rings (SSSR count).